The molecule has 0 fully saturated rings. The van der Waals surface area contributed by atoms with E-state index in [9.17, 15) is 20.1 Å². The molecule has 0 radical (unpaired) electrons. The lowest BCUT2D eigenvalue weighted by Crippen LogP contribution is -2.14. The lowest BCUT2D eigenvalue weighted by atomic mass is 9.94. The summed E-state index contributed by atoms with van der Waals surface area (Å²) >= 11 is 12.3. The van der Waals surface area contributed by atoms with E-state index in [-0.39, 0.29) is 92.4 Å². The second kappa shape index (κ2) is 56.6. The van der Waals surface area contributed by atoms with E-state index in [2.05, 4.69) is 132 Å². The van der Waals surface area contributed by atoms with E-state index in [0.29, 0.717) is 54.2 Å². The van der Waals surface area contributed by atoms with Crippen LogP contribution in [0.4, 0.5) is 17.6 Å². The van der Waals surface area contributed by atoms with Crippen molar-refractivity contribution in [3.8, 4) is 94.3 Å². The van der Waals surface area contributed by atoms with E-state index >= 15 is 17.6 Å². The molecule has 3 aromatic carbocycles. The van der Waals surface area contributed by atoms with Gasteiger partial charge in [0.25, 0.3) is 0 Å². The van der Waals surface area contributed by atoms with Gasteiger partial charge in [-0.05, 0) is 184 Å². The number of nitriles is 2. The molecule has 0 saturated heterocycles. The highest BCUT2D eigenvalue weighted by Crippen LogP contribution is 2.57. The van der Waals surface area contributed by atoms with Gasteiger partial charge in [-0.25, -0.2) is 27.2 Å². The molecule has 24 heteroatoms. The van der Waals surface area contributed by atoms with Crippen molar-refractivity contribution >= 4 is 157 Å². The molecule has 13 rings (SSSR count). The molecular weight excluding hydrogens is 1930 g/mol. The van der Waals surface area contributed by atoms with Crippen LogP contribution in [0.3, 0.4) is 0 Å². The molecule has 13 aromatic rings. The van der Waals surface area contributed by atoms with Gasteiger partial charge in [-0.1, -0.05) is 301 Å². The van der Waals surface area contributed by atoms with Crippen LogP contribution in [0, 0.1) is 81.4 Å². The molecule has 142 heavy (non-hydrogen) atoms. The first-order valence-electron chi connectivity index (χ1n) is 54.0. The van der Waals surface area contributed by atoms with Gasteiger partial charge in [-0.3, -0.25) is 0 Å². The number of hydrogen-bond acceptors (Lipinski definition) is 18. The van der Waals surface area contributed by atoms with Gasteiger partial charge in [0.1, 0.15) is 45.4 Å². The maximum absolute atomic E-state index is 18.4. The Kier molecular flexibility index (Phi) is 44.2. The SMILES string of the molecule is CCCCCCCCC(CCCCCC)Cn1nc2c(-c3ccc(/C=C(\C#N)C(=O)OCC(CC)CCCC)s3)c(F)c(F)c(-c3ccc(-c4cc5c(-c6ccc(CC(CC)CCCC)s6)c6sc(-c7ccc(-c8c(F)c(F)c(-c9ccc(/C=C(\C#N)C(=O)OCC(CC)CCCC)s9)c9nn(CC(CCCCCC)CCCCCCCC)nc89)s7)cc6c(-c6ccc(CC(CC)CCCC)s6)c5s4)s3)c2n1. The topological polar surface area (TPSA) is 162 Å². The summed E-state index contributed by atoms with van der Waals surface area (Å²) in [6.07, 6.45) is 48.5. The van der Waals surface area contributed by atoms with Gasteiger partial charge in [0, 0.05) is 99.6 Å². The number of ether oxygens (including phenoxy) is 2. The largest absolute Gasteiger partial charge is 0.461 e. The van der Waals surface area contributed by atoms with Crippen LogP contribution >= 0.6 is 90.7 Å². The third-order valence-electron chi connectivity index (χ3n) is 28.7. The van der Waals surface area contributed by atoms with Crippen LogP contribution in [0.1, 0.15) is 359 Å². The molecular formula is C118H150F4N8O4S8. The van der Waals surface area contributed by atoms with Crippen LogP contribution in [0.2, 0.25) is 0 Å². The lowest BCUT2D eigenvalue weighted by Gasteiger charge is -2.16. The molecule has 10 aromatic heterocycles. The zero-order chi connectivity index (χ0) is 101. The monoisotopic (exact) mass is 2070 g/mol. The number of nitrogens with zero attached hydrogens (tertiary/aromatic N) is 8. The molecule has 6 atom stereocenters. The van der Waals surface area contributed by atoms with E-state index in [1.807, 2.05) is 46.9 Å². The predicted molar refractivity (Wildman–Crippen MR) is 600 cm³/mol. The fourth-order valence-electron chi connectivity index (χ4n) is 20.0. The van der Waals surface area contributed by atoms with Gasteiger partial charge in [0.15, 0.2) is 23.3 Å². The molecule has 0 aliphatic rings. The number of carbonyl (C=O) groups is 2. The van der Waals surface area contributed by atoms with E-state index < -0.39 is 35.2 Å². The molecule has 0 N–H and O–H groups in total. The van der Waals surface area contributed by atoms with Gasteiger partial charge in [0.2, 0.25) is 0 Å². The number of benzene rings is 3. The van der Waals surface area contributed by atoms with Crippen LogP contribution < -0.4 is 0 Å². The van der Waals surface area contributed by atoms with Crippen molar-refractivity contribution in [1.82, 2.24) is 30.0 Å². The first-order valence-corrected chi connectivity index (χ1v) is 60.5. The molecule has 0 bridgehead atoms. The number of fused-ring (bicyclic) bond motifs is 4. The highest BCUT2D eigenvalue weighted by atomic mass is 32.1. The Morgan fingerprint density at radius 2 is 0.592 bits per heavy atom. The average Bonchev–Trinajstić information content (AvgIpc) is 1.56. The minimum atomic E-state index is -1.05. The summed E-state index contributed by atoms with van der Waals surface area (Å²) in [5.41, 5.74) is 2.94. The second-order valence-corrected chi connectivity index (χ2v) is 48.4. The van der Waals surface area contributed by atoms with Crippen LogP contribution in [0.5, 0.6) is 0 Å². The highest BCUT2D eigenvalue weighted by molar-refractivity contribution is 7.30. The summed E-state index contributed by atoms with van der Waals surface area (Å²) in [5, 5.41) is 44.0. The normalized spacial score (nSPS) is 13.5. The van der Waals surface area contributed by atoms with Crippen molar-refractivity contribution in [3.05, 3.63) is 139 Å². The Labute approximate surface area is 874 Å². The highest BCUT2D eigenvalue weighted by Gasteiger charge is 2.34. The fourth-order valence-corrected chi connectivity index (χ4v) is 29.2. The Morgan fingerprint density at radius 1 is 0.317 bits per heavy atom. The molecule has 6 unspecified atom stereocenters. The third kappa shape index (κ3) is 28.8. The number of halogens is 4. The molecule has 0 saturated carbocycles. The van der Waals surface area contributed by atoms with Crippen molar-refractivity contribution in [3.63, 3.8) is 0 Å². The maximum Gasteiger partial charge on any atom is 0.348 e. The Balaban J connectivity index is 0.958. The smallest absolute Gasteiger partial charge is 0.348 e. The number of esters is 2. The van der Waals surface area contributed by atoms with Gasteiger partial charge in [-0.2, -0.15) is 40.5 Å². The first-order chi connectivity index (χ1) is 69.3. The first kappa shape index (κ1) is 111. The van der Waals surface area contributed by atoms with E-state index in [1.165, 1.54) is 109 Å². The van der Waals surface area contributed by atoms with Crippen LogP contribution in [-0.2, 0) is 45.0 Å². The van der Waals surface area contributed by atoms with E-state index in [0.717, 1.165) is 289 Å². The minimum Gasteiger partial charge on any atom is -0.461 e. The Bertz CT molecular complexity index is 5950. The molecule has 762 valence electrons. The average molecular weight is 2080 g/mol. The van der Waals surface area contributed by atoms with Gasteiger partial charge in [-0.15, -0.1) is 90.7 Å². The predicted octanol–water partition coefficient (Wildman–Crippen LogP) is 39.4. The molecule has 0 spiro atoms. The second-order valence-electron chi connectivity index (χ2n) is 39.5. The lowest BCUT2D eigenvalue weighted by molar-refractivity contribution is -0.140. The minimum absolute atomic E-state index is 0.0181. The van der Waals surface area contributed by atoms with Gasteiger partial charge in [0.05, 0.1) is 48.6 Å². The molecule has 10 heterocycles. The molecule has 12 nitrogen and oxygen atoms in total. The molecule has 0 aliphatic carbocycles. The standard InChI is InChI=1S/C118H150F4N8O4S8/c1-13-25-33-37-39-43-51-81(49-41-35-27-15-3)73-129-125-111-103(95-59-55-87(137-95)67-83(71-123)117(131)133-75-79(23-11)47-31-19-7)107(119)109(121)105(113(111)127-129)97-63-61-91(139-97)99-69-89-101(93-57-53-85(135-93)65-77(21-9)45-29-17-5)116-90(102(115(89)141-99)94-58-54-86(136-94)66-78(22-10)46-30-18-6)70-100(142-116)92-62-64-98(140-92)106-110(122)108(120)104(96-60-56-88(138-96)68-84(72-124)118(132)134-76-80(24-12)48-32-20-8)112-114(106)128-130(126-112)74-82(50-42-36-28-16-4)52-44-40-38-34-26-14-2/h53-64,67-70,77-82H,13-52,65-66,73-76H2,1-12H3/b83-67+,84-68+. The fraction of sp³-hybridized carbons (Fsp3) is 0.542. The maximum atomic E-state index is 18.4. The van der Waals surface area contributed by atoms with Crippen molar-refractivity contribution in [2.45, 2.75) is 366 Å². The summed E-state index contributed by atoms with van der Waals surface area (Å²) in [4.78, 5) is 42.0. The Hall–Kier alpha value is -8.30. The summed E-state index contributed by atoms with van der Waals surface area (Å²) < 4.78 is 86.9. The van der Waals surface area contributed by atoms with Crippen molar-refractivity contribution < 1.29 is 36.6 Å². The van der Waals surface area contributed by atoms with E-state index in [1.54, 1.807) is 56.5 Å². The summed E-state index contributed by atoms with van der Waals surface area (Å²) in [6, 6.07) is 32.9. The number of carbonyl (C=O) groups excluding carboxylic acids is 2. The number of aromatic nitrogens is 6. The van der Waals surface area contributed by atoms with Crippen LogP contribution in [0.15, 0.2) is 96.1 Å². The molecule has 0 aliphatic heterocycles. The third-order valence-corrected chi connectivity index (χ3v) is 38.0. The van der Waals surface area contributed by atoms with Gasteiger partial charge < -0.3 is 9.47 Å². The number of unbranched alkanes of at least 4 members (excludes halogenated alkanes) is 20. The van der Waals surface area contributed by atoms with Gasteiger partial charge >= 0.3 is 11.9 Å². The Morgan fingerprint density at radius 3 is 0.915 bits per heavy atom. The summed E-state index contributed by atoms with van der Waals surface area (Å²) in [7, 11) is 0. The van der Waals surface area contributed by atoms with E-state index in [4.69, 9.17) is 29.9 Å². The van der Waals surface area contributed by atoms with Crippen LogP contribution in [-0.4, -0.2) is 55.1 Å². The van der Waals surface area contributed by atoms with Crippen LogP contribution in [0.25, 0.3) is 137 Å². The summed E-state index contributed by atoms with van der Waals surface area (Å²) in [6.45, 7) is 27.9. The van der Waals surface area contributed by atoms with Crippen molar-refractivity contribution in [2.75, 3.05) is 13.2 Å². The number of thiophene rings is 8. The zero-order valence-electron chi connectivity index (χ0n) is 86.2. The zero-order valence-corrected chi connectivity index (χ0v) is 92.7. The molecule has 0 amide bonds. The van der Waals surface area contributed by atoms with Crippen molar-refractivity contribution in [1.29, 1.82) is 10.5 Å². The van der Waals surface area contributed by atoms with Crippen molar-refractivity contribution in [2.24, 2.45) is 35.5 Å². The number of rotatable bonds is 64. The quantitative estimate of drug-likeness (QED) is 0.0118. The number of hydrogen-bond donors (Lipinski definition) is 0. The summed E-state index contributed by atoms with van der Waals surface area (Å²) in [5.74, 6) is -3.73.